The molecule has 1 aromatic rings. The maximum Gasteiger partial charge on any atom is 0.325 e. The van der Waals surface area contributed by atoms with Gasteiger partial charge in [0.05, 0.1) is 6.61 Å². The van der Waals surface area contributed by atoms with Crippen molar-refractivity contribution in [3.05, 3.63) is 29.8 Å². The molecule has 2 aliphatic heterocycles. The van der Waals surface area contributed by atoms with Gasteiger partial charge in [-0.3, -0.25) is 14.5 Å². The van der Waals surface area contributed by atoms with Crippen molar-refractivity contribution in [3.8, 4) is 5.75 Å². The summed E-state index contributed by atoms with van der Waals surface area (Å²) in [6.07, 6.45) is 0.342. The van der Waals surface area contributed by atoms with Gasteiger partial charge >= 0.3 is 6.03 Å². The summed E-state index contributed by atoms with van der Waals surface area (Å²) in [5, 5.41) is 5.60. The van der Waals surface area contributed by atoms with E-state index in [0.717, 1.165) is 4.90 Å². The van der Waals surface area contributed by atoms with Gasteiger partial charge in [-0.25, -0.2) is 4.79 Å². The summed E-state index contributed by atoms with van der Waals surface area (Å²) in [6.45, 7) is 5.92. The van der Waals surface area contributed by atoms with E-state index in [4.69, 9.17) is 4.74 Å². The zero-order chi connectivity index (χ0) is 18.2. The van der Waals surface area contributed by atoms with Gasteiger partial charge in [-0.2, -0.15) is 0 Å². The van der Waals surface area contributed by atoms with Crippen LogP contribution in [0.3, 0.4) is 0 Å². The van der Waals surface area contributed by atoms with Gasteiger partial charge in [-0.05, 0) is 18.9 Å². The van der Waals surface area contributed by atoms with E-state index in [0.29, 0.717) is 24.3 Å². The van der Waals surface area contributed by atoms with Crippen molar-refractivity contribution in [2.24, 2.45) is 5.92 Å². The molecule has 7 nitrogen and oxygen atoms in total. The zero-order valence-electron chi connectivity index (χ0n) is 14.7. The van der Waals surface area contributed by atoms with Gasteiger partial charge in [0.15, 0.2) is 5.54 Å². The van der Waals surface area contributed by atoms with Crippen LogP contribution in [0.15, 0.2) is 24.3 Å². The van der Waals surface area contributed by atoms with E-state index in [1.807, 2.05) is 26.8 Å². The monoisotopic (exact) mass is 345 g/mol. The first-order chi connectivity index (χ1) is 11.8. The number of hydrogen-bond acceptors (Lipinski definition) is 4. The van der Waals surface area contributed by atoms with Crippen LogP contribution < -0.4 is 15.4 Å². The van der Waals surface area contributed by atoms with Crippen molar-refractivity contribution in [3.63, 3.8) is 0 Å². The molecule has 0 aliphatic carbocycles. The van der Waals surface area contributed by atoms with Gasteiger partial charge < -0.3 is 15.4 Å². The number of carbonyl (C=O) groups is 3. The number of urea groups is 1. The lowest BCUT2D eigenvalue weighted by Gasteiger charge is -2.33. The Kier molecular flexibility index (Phi) is 4.41. The van der Waals surface area contributed by atoms with E-state index in [-0.39, 0.29) is 24.4 Å². The molecular formula is C18H23N3O4. The first-order valence-corrected chi connectivity index (χ1v) is 8.51. The summed E-state index contributed by atoms with van der Waals surface area (Å²) < 4.78 is 5.59. The molecule has 0 bridgehead atoms. The minimum Gasteiger partial charge on any atom is -0.493 e. The average Bonchev–Trinajstić information content (AvgIpc) is 2.80. The topological polar surface area (TPSA) is 87.7 Å². The predicted octanol–water partition coefficient (Wildman–Crippen LogP) is 1.38. The Morgan fingerprint density at radius 3 is 2.76 bits per heavy atom. The number of para-hydroxylation sites is 1. The average molecular weight is 345 g/mol. The van der Waals surface area contributed by atoms with Gasteiger partial charge in [-0.15, -0.1) is 0 Å². The molecule has 1 aromatic carbocycles. The standard InChI is InChI=1S/C18H23N3O4/c1-11(2)12(3)19-15(22)10-21-16(23)18(20-17(21)24)8-9-25-14-7-5-4-6-13(14)18/h4-7,11-12H,8-10H2,1-3H3,(H,19,22)(H,20,24)/t12-,18+/m0/s1. The lowest BCUT2D eigenvalue weighted by Crippen LogP contribution is -2.48. The second kappa shape index (κ2) is 6.38. The van der Waals surface area contributed by atoms with Crippen molar-refractivity contribution in [2.45, 2.75) is 38.8 Å². The SMILES string of the molecule is CC(C)[C@H](C)NC(=O)CN1C(=O)N[C@@]2(CCOc3ccccc32)C1=O. The number of amides is 4. The number of rotatable bonds is 4. The van der Waals surface area contributed by atoms with Crippen molar-refractivity contribution in [1.29, 1.82) is 0 Å². The van der Waals surface area contributed by atoms with Gasteiger partial charge in [0.25, 0.3) is 5.91 Å². The highest BCUT2D eigenvalue weighted by Crippen LogP contribution is 2.40. The van der Waals surface area contributed by atoms with E-state index < -0.39 is 17.5 Å². The van der Waals surface area contributed by atoms with Crippen LogP contribution in [0, 0.1) is 5.92 Å². The second-order valence-electron chi connectivity index (χ2n) is 6.92. The lowest BCUT2D eigenvalue weighted by atomic mass is 9.84. The van der Waals surface area contributed by atoms with E-state index in [1.54, 1.807) is 18.2 Å². The molecule has 2 atom stereocenters. The fourth-order valence-electron chi connectivity index (χ4n) is 3.13. The molecule has 0 unspecified atom stereocenters. The highest BCUT2D eigenvalue weighted by atomic mass is 16.5. The Labute approximate surface area is 146 Å². The summed E-state index contributed by atoms with van der Waals surface area (Å²) >= 11 is 0. The number of benzene rings is 1. The fourth-order valence-corrected chi connectivity index (χ4v) is 3.13. The summed E-state index contributed by atoms with van der Waals surface area (Å²) in [5.74, 6) is 0.102. The molecule has 2 aliphatic rings. The molecule has 0 aromatic heterocycles. The number of hydrogen-bond donors (Lipinski definition) is 2. The number of carbonyl (C=O) groups excluding carboxylic acids is 3. The first kappa shape index (κ1) is 17.3. The Hall–Kier alpha value is -2.57. The van der Waals surface area contributed by atoms with Gasteiger partial charge in [0.1, 0.15) is 12.3 Å². The number of ether oxygens (including phenoxy) is 1. The van der Waals surface area contributed by atoms with E-state index in [1.165, 1.54) is 0 Å². The highest BCUT2D eigenvalue weighted by Gasteiger charge is 2.55. The van der Waals surface area contributed by atoms with Gasteiger partial charge in [0, 0.05) is 18.0 Å². The molecule has 134 valence electrons. The molecule has 2 heterocycles. The Morgan fingerprint density at radius 1 is 1.32 bits per heavy atom. The molecule has 4 amide bonds. The largest absolute Gasteiger partial charge is 0.493 e. The van der Waals surface area contributed by atoms with E-state index >= 15 is 0 Å². The minimum atomic E-state index is -1.14. The molecule has 1 saturated heterocycles. The molecule has 0 saturated carbocycles. The summed E-state index contributed by atoms with van der Waals surface area (Å²) in [7, 11) is 0. The van der Waals surface area contributed by atoms with Crippen LogP contribution in [-0.2, 0) is 15.1 Å². The second-order valence-corrected chi connectivity index (χ2v) is 6.92. The van der Waals surface area contributed by atoms with Crippen molar-refractivity contribution < 1.29 is 19.1 Å². The summed E-state index contributed by atoms with van der Waals surface area (Å²) in [4.78, 5) is 38.6. The molecule has 1 fully saturated rings. The summed E-state index contributed by atoms with van der Waals surface area (Å²) in [6, 6.07) is 6.58. The molecule has 3 rings (SSSR count). The molecule has 25 heavy (non-hydrogen) atoms. The Morgan fingerprint density at radius 2 is 2.04 bits per heavy atom. The Balaban J connectivity index is 1.81. The highest BCUT2D eigenvalue weighted by molar-refractivity contribution is 6.09. The first-order valence-electron chi connectivity index (χ1n) is 8.51. The van der Waals surface area contributed by atoms with Crippen LogP contribution in [-0.4, -0.2) is 41.9 Å². The number of fused-ring (bicyclic) bond motifs is 2. The molecule has 1 spiro atoms. The minimum absolute atomic E-state index is 0.0361. The maximum absolute atomic E-state index is 13.0. The van der Waals surface area contributed by atoms with Gasteiger partial charge in [0.2, 0.25) is 5.91 Å². The third-order valence-electron chi connectivity index (χ3n) is 4.95. The number of nitrogens with one attached hydrogen (secondary N) is 2. The third kappa shape index (κ3) is 2.94. The lowest BCUT2D eigenvalue weighted by molar-refractivity contribution is -0.136. The number of nitrogens with zero attached hydrogens (tertiary/aromatic N) is 1. The van der Waals surface area contributed by atoms with Crippen molar-refractivity contribution in [1.82, 2.24) is 15.5 Å². The zero-order valence-corrected chi connectivity index (χ0v) is 14.7. The number of imide groups is 1. The van der Waals surface area contributed by atoms with E-state index in [2.05, 4.69) is 10.6 Å². The van der Waals surface area contributed by atoms with Crippen LogP contribution in [0.1, 0.15) is 32.8 Å². The smallest absolute Gasteiger partial charge is 0.325 e. The molecule has 7 heteroatoms. The molecule has 2 N–H and O–H groups in total. The summed E-state index contributed by atoms with van der Waals surface area (Å²) in [5.41, 5.74) is -0.506. The predicted molar refractivity (Wildman–Crippen MR) is 90.9 cm³/mol. The Bertz CT molecular complexity index is 718. The van der Waals surface area contributed by atoms with Crippen LogP contribution in [0.4, 0.5) is 4.79 Å². The van der Waals surface area contributed by atoms with E-state index in [9.17, 15) is 14.4 Å². The van der Waals surface area contributed by atoms with Crippen LogP contribution >= 0.6 is 0 Å². The third-order valence-corrected chi connectivity index (χ3v) is 4.95. The van der Waals surface area contributed by atoms with Gasteiger partial charge in [-0.1, -0.05) is 32.0 Å². The fraction of sp³-hybridized carbons (Fsp3) is 0.500. The molecular weight excluding hydrogens is 322 g/mol. The van der Waals surface area contributed by atoms with Crippen LogP contribution in [0.2, 0.25) is 0 Å². The quantitative estimate of drug-likeness (QED) is 0.807. The van der Waals surface area contributed by atoms with Crippen molar-refractivity contribution in [2.75, 3.05) is 13.2 Å². The van der Waals surface area contributed by atoms with Crippen LogP contribution in [0.25, 0.3) is 0 Å². The maximum atomic E-state index is 13.0. The normalized spacial score (nSPS) is 23.3. The van der Waals surface area contributed by atoms with Crippen molar-refractivity contribution >= 4 is 17.8 Å². The molecule has 0 radical (unpaired) electrons. The van der Waals surface area contributed by atoms with Crippen LogP contribution in [0.5, 0.6) is 5.75 Å².